The van der Waals surface area contributed by atoms with Crippen molar-refractivity contribution in [1.29, 1.82) is 0 Å². The lowest BCUT2D eigenvalue weighted by atomic mass is 9.50. The highest BCUT2D eigenvalue weighted by molar-refractivity contribution is 6.38. The Morgan fingerprint density at radius 2 is 1.90 bits per heavy atom. The zero-order valence-corrected chi connectivity index (χ0v) is 13.2. The molecule has 0 aliphatic heterocycles. The summed E-state index contributed by atoms with van der Waals surface area (Å²) in [6.45, 7) is 4.59. The van der Waals surface area contributed by atoms with Crippen LogP contribution in [-0.2, 0) is 14.4 Å². The topological polar surface area (TPSA) is 91.7 Å². The minimum absolute atomic E-state index is 0.227. The number of aliphatic hydroxyl groups is 1. The first-order valence-corrected chi connectivity index (χ1v) is 7.58. The molecule has 2 aliphatic carbocycles. The SMILES string of the molecule is CC(C(=O)O)C1CCC2(C)CCC(=O)C(C)(Cl)C2(O)C1=O. The lowest BCUT2D eigenvalue weighted by Crippen LogP contribution is -2.73. The fraction of sp³-hybridized carbons (Fsp3) is 0.800. The Hall–Kier alpha value is -0.940. The van der Waals surface area contributed by atoms with Gasteiger partial charge in [-0.25, -0.2) is 0 Å². The van der Waals surface area contributed by atoms with Crippen LogP contribution in [0, 0.1) is 17.3 Å². The first-order valence-electron chi connectivity index (χ1n) is 7.21. The Bertz CT molecular complexity index is 514. The van der Waals surface area contributed by atoms with Gasteiger partial charge in [0.2, 0.25) is 0 Å². The number of carbonyl (C=O) groups is 3. The first-order chi connectivity index (χ1) is 9.49. The third-order valence-electron chi connectivity index (χ3n) is 5.67. The molecule has 0 heterocycles. The Morgan fingerprint density at radius 3 is 2.43 bits per heavy atom. The van der Waals surface area contributed by atoms with Crippen LogP contribution in [0.25, 0.3) is 0 Å². The van der Waals surface area contributed by atoms with Crippen molar-refractivity contribution < 1.29 is 24.6 Å². The summed E-state index contributed by atoms with van der Waals surface area (Å²) < 4.78 is 0. The largest absolute Gasteiger partial charge is 0.481 e. The van der Waals surface area contributed by atoms with E-state index < -0.39 is 39.5 Å². The average molecular weight is 317 g/mol. The maximum absolute atomic E-state index is 12.8. The number of Topliss-reactive ketones (excluding diaryl/α,β-unsaturated/α-hetero) is 2. The van der Waals surface area contributed by atoms with Crippen molar-refractivity contribution in [2.24, 2.45) is 17.3 Å². The fourth-order valence-corrected chi connectivity index (χ4v) is 4.35. The highest BCUT2D eigenvalue weighted by Crippen LogP contribution is 2.58. The van der Waals surface area contributed by atoms with Crippen molar-refractivity contribution >= 4 is 29.1 Å². The van der Waals surface area contributed by atoms with E-state index in [-0.39, 0.29) is 12.2 Å². The van der Waals surface area contributed by atoms with Crippen LogP contribution in [0.2, 0.25) is 0 Å². The smallest absolute Gasteiger partial charge is 0.306 e. The molecule has 118 valence electrons. The molecule has 2 saturated carbocycles. The Balaban J connectivity index is 2.51. The van der Waals surface area contributed by atoms with Crippen molar-refractivity contribution in [1.82, 2.24) is 0 Å². The molecule has 0 aromatic rings. The minimum Gasteiger partial charge on any atom is -0.481 e. The lowest BCUT2D eigenvalue weighted by Gasteiger charge is -2.57. The van der Waals surface area contributed by atoms with Gasteiger partial charge in [-0.2, -0.15) is 0 Å². The summed E-state index contributed by atoms with van der Waals surface area (Å²) in [7, 11) is 0. The molecule has 0 bridgehead atoms. The van der Waals surface area contributed by atoms with Crippen molar-refractivity contribution in [3.8, 4) is 0 Å². The molecule has 0 amide bonds. The van der Waals surface area contributed by atoms with Gasteiger partial charge in [0.1, 0.15) is 4.87 Å². The molecule has 2 fully saturated rings. The minimum atomic E-state index is -2.01. The van der Waals surface area contributed by atoms with Crippen LogP contribution in [0.5, 0.6) is 0 Å². The van der Waals surface area contributed by atoms with Gasteiger partial charge < -0.3 is 10.2 Å². The van der Waals surface area contributed by atoms with Crippen LogP contribution in [0.1, 0.15) is 46.5 Å². The maximum atomic E-state index is 12.8. The summed E-state index contributed by atoms with van der Waals surface area (Å²) in [5.41, 5.74) is -2.80. The Morgan fingerprint density at radius 1 is 1.33 bits per heavy atom. The number of carboxylic acids is 1. The summed E-state index contributed by atoms with van der Waals surface area (Å²) in [6.07, 6.45) is 1.50. The average Bonchev–Trinajstić information content (AvgIpc) is 2.40. The van der Waals surface area contributed by atoms with Crippen molar-refractivity contribution in [3.05, 3.63) is 0 Å². The molecule has 2 N–H and O–H groups in total. The van der Waals surface area contributed by atoms with Gasteiger partial charge >= 0.3 is 5.97 Å². The summed E-state index contributed by atoms with van der Waals surface area (Å²) in [6, 6.07) is 0. The standard InChI is InChI=1S/C15H21ClO5/c1-8(12(19)20)9-4-6-13(2)7-5-10(17)14(3,16)15(13,21)11(9)18/h8-9,21H,4-7H2,1-3H3,(H,19,20). The van der Waals surface area contributed by atoms with Crippen LogP contribution >= 0.6 is 11.6 Å². The number of carbonyl (C=O) groups excluding carboxylic acids is 2. The molecular weight excluding hydrogens is 296 g/mol. The van der Waals surface area contributed by atoms with Crippen molar-refractivity contribution in [2.45, 2.75) is 56.9 Å². The van der Waals surface area contributed by atoms with Gasteiger partial charge in [-0.15, -0.1) is 11.6 Å². The molecule has 0 radical (unpaired) electrons. The molecule has 2 rings (SSSR count). The fourth-order valence-electron chi connectivity index (χ4n) is 3.93. The van der Waals surface area contributed by atoms with Crippen molar-refractivity contribution in [2.75, 3.05) is 0 Å². The van der Waals surface area contributed by atoms with E-state index in [1.807, 2.05) is 0 Å². The lowest BCUT2D eigenvalue weighted by molar-refractivity contribution is -0.188. The summed E-state index contributed by atoms with van der Waals surface area (Å²) in [5.74, 6) is -3.77. The van der Waals surface area contributed by atoms with Gasteiger partial charge in [0.25, 0.3) is 0 Å². The molecule has 0 saturated heterocycles. The number of hydrogen-bond donors (Lipinski definition) is 2. The molecule has 0 spiro atoms. The zero-order chi connectivity index (χ0) is 16.2. The van der Waals surface area contributed by atoms with Crippen LogP contribution in [0.4, 0.5) is 0 Å². The van der Waals surface area contributed by atoms with Gasteiger partial charge in [-0.05, 0) is 26.2 Å². The second-order valence-electron chi connectivity index (χ2n) is 6.83. The van der Waals surface area contributed by atoms with Gasteiger partial charge in [0, 0.05) is 17.8 Å². The molecule has 0 aromatic carbocycles. The third-order valence-corrected chi connectivity index (χ3v) is 6.16. The predicted octanol–water partition coefficient (Wildman–Crippen LogP) is 1.78. The van der Waals surface area contributed by atoms with Gasteiger partial charge in [0.15, 0.2) is 17.2 Å². The Kier molecular flexibility index (Phi) is 3.74. The van der Waals surface area contributed by atoms with Gasteiger partial charge in [0.05, 0.1) is 5.92 Å². The highest BCUT2D eigenvalue weighted by atomic mass is 35.5. The number of alkyl halides is 1. The van der Waals surface area contributed by atoms with E-state index >= 15 is 0 Å². The van der Waals surface area contributed by atoms with E-state index in [2.05, 4.69) is 0 Å². The second kappa shape index (κ2) is 4.78. The summed E-state index contributed by atoms with van der Waals surface area (Å²) in [4.78, 5) is 34.4. The third kappa shape index (κ3) is 1.97. The zero-order valence-electron chi connectivity index (χ0n) is 12.5. The van der Waals surface area contributed by atoms with E-state index in [0.717, 1.165) is 0 Å². The van der Waals surface area contributed by atoms with E-state index in [1.165, 1.54) is 13.8 Å². The molecule has 21 heavy (non-hydrogen) atoms. The number of halogens is 1. The number of aliphatic carboxylic acids is 1. The van der Waals surface area contributed by atoms with Gasteiger partial charge in [-0.3, -0.25) is 14.4 Å². The number of hydrogen-bond acceptors (Lipinski definition) is 4. The molecule has 6 heteroatoms. The molecule has 5 unspecified atom stereocenters. The highest BCUT2D eigenvalue weighted by Gasteiger charge is 2.70. The summed E-state index contributed by atoms with van der Waals surface area (Å²) in [5, 5.41) is 20.3. The number of ketones is 2. The van der Waals surface area contributed by atoms with Crippen LogP contribution < -0.4 is 0 Å². The normalized spacial score (nSPS) is 45.1. The number of fused-ring (bicyclic) bond motifs is 1. The van der Waals surface area contributed by atoms with Crippen LogP contribution in [0.3, 0.4) is 0 Å². The monoisotopic (exact) mass is 316 g/mol. The molecular formula is C15H21ClO5. The summed E-state index contributed by atoms with van der Waals surface area (Å²) >= 11 is 6.30. The van der Waals surface area contributed by atoms with E-state index in [4.69, 9.17) is 16.7 Å². The second-order valence-corrected chi connectivity index (χ2v) is 7.59. The van der Waals surface area contributed by atoms with Crippen molar-refractivity contribution in [3.63, 3.8) is 0 Å². The number of rotatable bonds is 2. The molecule has 2 aliphatic rings. The van der Waals surface area contributed by atoms with E-state index in [9.17, 15) is 19.5 Å². The quantitative estimate of drug-likeness (QED) is 0.758. The van der Waals surface area contributed by atoms with Crippen LogP contribution in [0.15, 0.2) is 0 Å². The van der Waals surface area contributed by atoms with E-state index in [0.29, 0.717) is 19.3 Å². The van der Waals surface area contributed by atoms with E-state index in [1.54, 1.807) is 6.92 Å². The number of carboxylic acid groups (broad SMARTS) is 1. The predicted molar refractivity (Wildman–Crippen MR) is 76.1 cm³/mol. The maximum Gasteiger partial charge on any atom is 0.306 e. The molecule has 5 atom stereocenters. The van der Waals surface area contributed by atoms with Crippen LogP contribution in [-0.4, -0.2) is 38.2 Å². The molecule has 5 nitrogen and oxygen atoms in total. The van der Waals surface area contributed by atoms with Gasteiger partial charge in [-0.1, -0.05) is 13.8 Å². The molecule has 0 aromatic heterocycles. The Labute approximate surface area is 128 Å². The first kappa shape index (κ1) is 16.4.